The molecule has 0 heterocycles. The van der Waals surface area contributed by atoms with Crippen LogP contribution in [0.5, 0.6) is 0 Å². The van der Waals surface area contributed by atoms with E-state index in [0.717, 1.165) is 0 Å². The van der Waals surface area contributed by atoms with Crippen molar-refractivity contribution in [2.24, 2.45) is 0 Å². The van der Waals surface area contributed by atoms with Crippen molar-refractivity contribution in [1.29, 1.82) is 0 Å². The Morgan fingerprint density at radius 3 is 1.33 bits per heavy atom. The summed E-state index contributed by atoms with van der Waals surface area (Å²) in [5.41, 5.74) is 2.70. The van der Waals surface area contributed by atoms with E-state index < -0.39 is 20.8 Å². The average molecular weight is 493 g/mol. The Balaban J connectivity index is 0.000000379. The average Bonchev–Trinajstić information content (AvgIpc) is 3.26. The van der Waals surface area contributed by atoms with Crippen LogP contribution in [-0.4, -0.2) is 10.2 Å². The third-order valence-corrected chi connectivity index (χ3v) is 3.52. The van der Waals surface area contributed by atoms with Crippen molar-refractivity contribution in [2.45, 2.75) is 27.3 Å². The summed E-state index contributed by atoms with van der Waals surface area (Å²) in [7, 11) is 12.8. The Kier molecular flexibility index (Phi) is 15.9. The number of fused-ring (bicyclic) bond motifs is 2. The van der Waals surface area contributed by atoms with Crippen LogP contribution in [0.3, 0.4) is 0 Å². The van der Waals surface area contributed by atoms with E-state index in [-0.39, 0.29) is 0 Å². The molecule has 0 bridgehead atoms. The van der Waals surface area contributed by atoms with Gasteiger partial charge in [0.25, 0.3) is 0 Å². The van der Waals surface area contributed by atoms with E-state index in [1.165, 1.54) is 32.7 Å². The molecule has 0 unspecified atom stereocenters. The number of halogens is 2. The predicted octanol–water partition coefficient (Wildman–Crippen LogP) is 8.15. The Morgan fingerprint density at radius 1 is 0.741 bits per heavy atom. The molecule has 4 aromatic carbocycles. The molecule has 4 heteroatoms. The number of benzene rings is 2. The van der Waals surface area contributed by atoms with Crippen LogP contribution in [-0.2, 0) is 20.8 Å². The predicted molar refractivity (Wildman–Crippen MR) is 123 cm³/mol. The maximum absolute atomic E-state index is 4.93. The summed E-state index contributed by atoms with van der Waals surface area (Å²) in [5, 5.41) is 5.39. The topological polar surface area (TPSA) is 0 Å². The van der Waals surface area contributed by atoms with Crippen molar-refractivity contribution in [1.82, 2.24) is 0 Å². The van der Waals surface area contributed by atoms with Gasteiger partial charge in [0, 0.05) is 10.2 Å². The molecule has 3 radical (unpaired) electrons. The van der Waals surface area contributed by atoms with Gasteiger partial charge < -0.3 is 6.92 Å². The molecular weight excluding hydrogens is 466 g/mol. The first-order valence-electron chi connectivity index (χ1n) is 8.55. The first-order valence-corrected chi connectivity index (χ1v) is 15.9. The minimum atomic E-state index is -0.826. The molecule has 0 aliphatic rings. The standard InChI is InChI=1S/2C10H9.C2H5.CH3Si.2ClH.Zr/c2*1-8-6-9-4-2-3-5-10(9)7-8;2*1-2;;;/h2*2-7H,1H3;1H2,2H3;1H3;2*1H;/q3*-1;;;;+2/p-2. The van der Waals surface area contributed by atoms with E-state index in [1.54, 1.807) is 13.5 Å². The van der Waals surface area contributed by atoms with Crippen molar-refractivity contribution in [2.75, 3.05) is 0 Å². The molecule has 0 amide bonds. The van der Waals surface area contributed by atoms with Crippen molar-refractivity contribution < 1.29 is 20.8 Å². The van der Waals surface area contributed by atoms with Crippen LogP contribution in [0.15, 0.2) is 72.8 Å². The van der Waals surface area contributed by atoms with Gasteiger partial charge in [0.15, 0.2) is 0 Å². The van der Waals surface area contributed by atoms with Gasteiger partial charge in [-0.15, -0.1) is 81.2 Å². The molecule has 0 nitrogen and oxygen atoms in total. The summed E-state index contributed by atoms with van der Waals surface area (Å²) in [4.78, 5) is 0. The van der Waals surface area contributed by atoms with Crippen LogP contribution in [0.4, 0.5) is 0 Å². The normalized spacial score (nSPS) is 8.74. The van der Waals surface area contributed by atoms with Gasteiger partial charge in [-0.2, -0.15) is 19.1 Å². The second-order valence-corrected chi connectivity index (χ2v) is 9.13. The summed E-state index contributed by atoms with van der Waals surface area (Å²) in [6.07, 6.45) is 0. The summed E-state index contributed by atoms with van der Waals surface area (Å²) in [6.45, 7) is 11.1. The summed E-state index contributed by atoms with van der Waals surface area (Å²) < 4.78 is 0. The van der Waals surface area contributed by atoms with Crippen LogP contribution in [0.2, 0.25) is 6.55 Å². The van der Waals surface area contributed by atoms with Crippen LogP contribution >= 0.6 is 17.0 Å². The zero-order chi connectivity index (χ0) is 20.7. The fourth-order valence-corrected chi connectivity index (χ4v) is 2.61. The number of hydrogen-bond donors (Lipinski definition) is 0. The van der Waals surface area contributed by atoms with E-state index >= 15 is 0 Å². The van der Waals surface area contributed by atoms with E-state index in [2.05, 4.69) is 104 Å². The van der Waals surface area contributed by atoms with Crippen molar-refractivity contribution in [3.05, 3.63) is 90.8 Å². The maximum atomic E-state index is 4.93. The Labute approximate surface area is 186 Å². The van der Waals surface area contributed by atoms with Crippen LogP contribution in [0.25, 0.3) is 21.5 Å². The van der Waals surface area contributed by atoms with Gasteiger partial charge in [-0.3, -0.25) is 0 Å². The van der Waals surface area contributed by atoms with E-state index in [0.29, 0.717) is 0 Å². The van der Waals surface area contributed by atoms with Gasteiger partial charge in [0.05, 0.1) is 0 Å². The zero-order valence-corrected chi connectivity index (χ0v) is 21.4. The van der Waals surface area contributed by atoms with E-state index in [4.69, 9.17) is 17.0 Å². The van der Waals surface area contributed by atoms with Crippen molar-refractivity contribution in [3.63, 3.8) is 0 Å². The molecule has 143 valence electrons. The fraction of sp³-hybridized carbons (Fsp3) is 0.174. The van der Waals surface area contributed by atoms with Gasteiger partial charge in [0.2, 0.25) is 0 Å². The van der Waals surface area contributed by atoms with Crippen LogP contribution in [0.1, 0.15) is 18.1 Å². The molecule has 0 aromatic heterocycles. The SMILES string of the molecule is C[Si].Cc1cc2ccccc2[cH-]1.Cc1cc2ccccc2[cH-]1.[CH2-]C.[Cl][Zr][Cl]. The Bertz CT molecular complexity index is 727. The van der Waals surface area contributed by atoms with Crippen molar-refractivity contribution in [3.8, 4) is 0 Å². The molecule has 0 atom stereocenters. The molecule has 27 heavy (non-hydrogen) atoms. The molecule has 0 saturated carbocycles. The Morgan fingerprint density at radius 2 is 1.04 bits per heavy atom. The molecular formula is C23H26Cl2SiZr-3. The zero-order valence-electron chi connectivity index (χ0n) is 16.4. The molecule has 0 aliphatic carbocycles. The first-order chi connectivity index (χ1) is 13.1. The molecule has 0 spiro atoms. The van der Waals surface area contributed by atoms with E-state index in [1.807, 2.05) is 0 Å². The molecule has 0 aliphatic heterocycles. The third-order valence-electron chi connectivity index (χ3n) is 3.52. The second kappa shape index (κ2) is 16.3. The first kappa shape index (κ1) is 26.3. The van der Waals surface area contributed by atoms with Gasteiger partial charge in [0.1, 0.15) is 0 Å². The molecule has 0 saturated heterocycles. The fourth-order valence-electron chi connectivity index (χ4n) is 2.61. The third kappa shape index (κ3) is 9.90. The number of hydrogen-bond acceptors (Lipinski definition) is 0. The molecule has 0 N–H and O–H groups in total. The summed E-state index contributed by atoms with van der Waals surface area (Å²) >= 11 is -0.826. The quantitative estimate of drug-likeness (QED) is 0.172. The molecule has 4 aromatic rings. The number of rotatable bonds is 0. The van der Waals surface area contributed by atoms with Gasteiger partial charge in [-0.25, -0.2) is 0 Å². The minimum absolute atomic E-state index is 0.826. The molecule has 0 fully saturated rings. The van der Waals surface area contributed by atoms with Gasteiger partial charge in [-0.05, 0) is 0 Å². The van der Waals surface area contributed by atoms with Gasteiger partial charge >= 0.3 is 37.9 Å². The molecule has 4 rings (SSSR count). The van der Waals surface area contributed by atoms with Crippen LogP contribution in [0, 0.1) is 20.8 Å². The Hall–Kier alpha value is -0.660. The summed E-state index contributed by atoms with van der Waals surface area (Å²) in [6, 6.07) is 25.7. The summed E-state index contributed by atoms with van der Waals surface area (Å²) in [5.74, 6) is 0. The van der Waals surface area contributed by atoms with Gasteiger partial charge in [-0.1, -0.05) is 32.5 Å². The second-order valence-electron chi connectivity index (χ2n) is 5.39. The van der Waals surface area contributed by atoms with Crippen LogP contribution < -0.4 is 0 Å². The number of aryl methyl sites for hydroxylation is 2. The van der Waals surface area contributed by atoms with E-state index in [9.17, 15) is 0 Å². The monoisotopic (exact) mass is 490 g/mol. The van der Waals surface area contributed by atoms with Crippen molar-refractivity contribution >= 4 is 48.8 Å².